The highest BCUT2D eigenvalue weighted by Crippen LogP contribution is 2.18. The lowest BCUT2D eigenvalue weighted by atomic mass is 10.0. The van der Waals surface area contributed by atoms with Crippen LogP contribution in [0.1, 0.15) is 19.3 Å². The van der Waals surface area contributed by atoms with Gasteiger partial charge in [0, 0.05) is 20.2 Å². The second kappa shape index (κ2) is 7.68. The molecule has 0 radical (unpaired) electrons. The Morgan fingerprint density at radius 2 is 2.10 bits per heavy atom. The van der Waals surface area contributed by atoms with Gasteiger partial charge in [0.15, 0.2) is 0 Å². The number of piperidine rings is 1. The van der Waals surface area contributed by atoms with Crippen LogP contribution in [0, 0.1) is 0 Å². The number of urea groups is 1. The van der Waals surface area contributed by atoms with Crippen molar-refractivity contribution in [1.82, 2.24) is 9.80 Å². The monoisotopic (exact) mass is 287 g/mol. The lowest BCUT2D eigenvalue weighted by Crippen LogP contribution is -2.56. The molecule has 1 saturated heterocycles. The van der Waals surface area contributed by atoms with Gasteiger partial charge in [-0.15, -0.1) is 0 Å². The van der Waals surface area contributed by atoms with E-state index in [0.717, 1.165) is 17.7 Å². The number of carboxylic acid groups (broad SMARTS) is 1. The molecule has 3 N–H and O–H groups in total. The van der Waals surface area contributed by atoms with Crippen molar-refractivity contribution in [3.63, 3.8) is 0 Å². The Balaban J connectivity index is 2.79. The van der Waals surface area contributed by atoms with Gasteiger partial charge in [-0.05, 0) is 19.3 Å². The van der Waals surface area contributed by atoms with Gasteiger partial charge < -0.3 is 25.4 Å². The van der Waals surface area contributed by atoms with Crippen LogP contribution in [-0.2, 0) is 14.3 Å². The number of hydrogen-bond acceptors (Lipinski definition) is 4. The zero-order chi connectivity index (χ0) is 15.1. The van der Waals surface area contributed by atoms with Gasteiger partial charge in [0.25, 0.3) is 0 Å². The Labute approximate surface area is 117 Å². The molecule has 114 valence electrons. The molecule has 0 saturated carbocycles. The molecule has 0 aromatic carbocycles. The third kappa shape index (κ3) is 4.37. The number of carbonyl (C=O) groups excluding carboxylic acids is 2. The Hall–Kier alpha value is -1.83. The van der Waals surface area contributed by atoms with Gasteiger partial charge in [-0.1, -0.05) is 0 Å². The second-order valence-corrected chi connectivity index (χ2v) is 4.70. The van der Waals surface area contributed by atoms with E-state index >= 15 is 0 Å². The quantitative estimate of drug-likeness (QED) is 0.682. The minimum Gasteiger partial charge on any atom is -0.480 e. The lowest BCUT2D eigenvalue weighted by Gasteiger charge is -2.37. The Morgan fingerprint density at radius 1 is 1.40 bits per heavy atom. The van der Waals surface area contributed by atoms with Crippen LogP contribution in [0.4, 0.5) is 4.79 Å². The van der Waals surface area contributed by atoms with E-state index in [4.69, 9.17) is 15.6 Å². The summed E-state index contributed by atoms with van der Waals surface area (Å²) >= 11 is 0. The summed E-state index contributed by atoms with van der Waals surface area (Å²) in [5.41, 5.74) is 5.30. The SMILES string of the molecule is COCCN(CC(=O)O)C(=O)N1CCCCC1C(N)=O. The molecule has 1 heterocycles. The summed E-state index contributed by atoms with van der Waals surface area (Å²) in [7, 11) is 1.47. The van der Waals surface area contributed by atoms with Crippen LogP contribution >= 0.6 is 0 Å². The molecule has 0 aromatic heterocycles. The number of hydrogen-bond donors (Lipinski definition) is 2. The largest absolute Gasteiger partial charge is 0.480 e. The molecule has 0 aliphatic carbocycles. The molecule has 1 atom stereocenters. The molecule has 20 heavy (non-hydrogen) atoms. The number of nitrogens with zero attached hydrogens (tertiary/aromatic N) is 2. The zero-order valence-corrected chi connectivity index (χ0v) is 11.6. The molecule has 3 amide bonds. The number of methoxy groups -OCH3 is 1. The minimum atomic E-state index is -1.11. The summed E-state index contributed by atoms with van der Waals surface area (Å²) in [5.74, 6) is -1.66. The first-order valence-electron chi connectivity index (χ1n) is 6.53. The van der Waals surface area contributed by atoms with Crippen molar-refractivity contribution in [3.05, 3.63) is 0 Å². The maximum absolute atomic E-state index is 12.4. The van der Waals surface area contributed by atoms with E-state index in [-0.39, 0.29) is 13.2 Å². The number of amides is 3. The van der Waals surface area contributed by atoms with Crippen LogP contribution < -0.4 is 5.73 Å². The molecule has 0 bridgehead atoms. The summed E-state index contributed by atoms with van der Waals surface area (Å²) in [4.78, 5) is 37.1. The van der Waals surface area contributed by atoms with Gasteiger partial charge in [-0.2, -0.15) is 0 Å². The van der Waals surface area contributed by atoms with Crippen LogP contribution in [0.3, 0.4) is 0 Å². The zero-order valence-electron chi connectivity index (χ0n) is 11.6. The first kappa shape index (κ1) is 16.2. The highest BCUT2D eigenvalue weighted by molar-refractivity contribution is 5.87. The third-order valence-corrected chi connectivity index (χ3v) is 3.24. The van der Waals surface area contributed by atoms with Gasteiger partial charge in [0.05, 0.1) is 6.61 Å². The summed E-state index contributed by atoms with van der Waals surface area (Å²) in [6.45, 7) is 0.372. The highest BCUT2D eigenvalue weighted by atomic mass is 16.5. The standard InChI is InChI=1S/C12H21N3O5/c1-20-7-6-14(8-10(16)17)12(19)15-5-3-2-4-9(15)11(13)18/h9H,2-8H2,1H3,(H2,13,18)(H,16,17). The first-order valence-corrected chi connectivity index (χ1v) is 6.53. The number of nitrogens with two attached hydrogens (primary N) is 1. The molecular weight excluding hydrogens is 266 g/mol. The summed E-state index contributed by atoms with van der Waals surface area (Å²) in [6.07, 6.45) is 2.13. The Morgan fingerprint density at radius 3 is 2.65 bits per heavy atom. The molecule has 0 spiro atoms. The van der Waals surface area contributed by atoms with Gasteiger partial charge in [-0.25, -0.2) is 4.79 Å². The van der Waals surface area contributed by atoms with Crippen LogP contribution in [0.5, 0.6) is 0 Å². The average molecular weight is 287 g/mol. The number of primary amides is 1. The molecule has 0 aromatic rings. The van der Waals surface area contributed by atoms with Crippen molar-refractivity contribution < 1.29 is 24.2 Å². The van der Waals surface area contributed by atoms with Crippen molar-refractivity contribution in [2.24, 2.45) is 5.73 Å². The molecule has 1 fully saturated rings. The number of ether oxygens (including phenoxy) is 1. The second-order valence-electron chi connectivity index (χ2n) is 4.70. The number of carbonyl (C=O) groups is 3. The van der Waals surface area contributed by atoms with Gasteiger partial charge >= 0.3 is 12.0 Å². The smallest absolute Gasteiger partial charge is 0.323 e. The highest BCUT2D eigenvalue weighted by Gasteiger charge is 2.33. The maximum Gasteiger partial charge on any atom is 0.323 e. The summed E-state index contributed by atoms with van der Waals surface area (Å²) < 4.78 is 4.87. The van der Waals surface area contributed by atoms with Crippen molar-refractivity contribution in [2.45, 2.75) is 25.3 Å². The van der Waals surface area contributed by atoms with E-state index in [2.05, 4.69) is 0 Å². The van der Waals surface area contributed by atoms with E-state index in [1.165, 1.54) is 12.0 Å². The van der Waals surface area contributed by atoms with Gasteiger partial charge in [0.2, 0.25) is 5.91 Å². The number of rotatable bonds is 6. The summed E-state index contributed by atoms with van der Waals surface area (Å²) in [5, 5.41) is 8.86. The Bertz CT molecular complexity index is 374. The molecule has 1 aliphatic rings. The van der Waals surface area contributed by atoms with Crippen LogP contribution in [0.15, 0.2) is 0 Å². The van der Waals surface area contributed by atoms with E-state index < -0.39 is 30.5 Å². The normalized spacial score (nSPS) is 18.6. The first-order chi connectivity index (χ1) is 9.47. The van der Waals surface area contributed by atoms with Crippen molar-refractivity contribution in [3.8, 4) is 0 Å². The molecule has 1 unspecified atom stereocenters. The predicted octanol–water partition coefficient (Wildman–Crippen LogP) is -0.521. The fourth-order valence-corrected chi connectivity index (χ4v) is 2.25. The summed E-state index contributed by atoms with van der Waals surface area (Å²) in [6, 6.07) is -1.14. The van der Waals surface area contributed by atoms with Crippen LogP contribution in [-0.4, -0.2) is 72.2 Å². The molecule has 1 rings (SSSR count). The molecule has 8 nitrogen and oxygen atoms in total. The van der Waals surface area contributed by atoms with Crippen LogP contribution in [0.2, 0.25) is 0 Å². The van der Waals surface area contributed by atoms with E-state index in [0.29, 0.717) is 13.0 Å². The fraction of sp³-hybridized carbons (Fsp3) is 0.750. The topological polar surface area (TPSA) is 113 Å². The third-order valence-electron chi connectivity index (χ3n) is 3.24. The van der Waals surface area contributed by atoms with Crippen molar-refractivity contribution in [2.75, 3.05) is 33.4 Å². The molecular formula is C12H21N3O5. The van der Waals surface area contributed by atoms with Crippen molar-refractivity contribution >= 4 is 17.9 Å². The number of carboxylic acids is 1. The molecule has 8 heteroatoms. The Kier molecular flexibility index (Phi) is 6.23. The fourth-order valence-electron chi connectivity index (χ4n) is 2.25. The van der Waals surface area contributed by atoms with Gasteiger partial charge in [0.1, 0.15) is 12.6 Å². The maximum atomic E-state index is 12.4. The van der Waals surface area contributed by atoms with Crippen LogP contribution in [0.25, 0.3) is 0 Å². The van der Waals surface area contributed by atoms with E-state index in [1.807, 2.05) is 0 Å². The molecule has 1 aliphatic heterocycles. The van der Waals surface area contributed by atoms with Crippen molar-refractivity contribution in [1.29, 1.82) is 0 Å². The van der Waals surface area contributed by atoms with E-state index in [1.54, 1.807) is 0 Å². The number of likely N-dealkylation sites (tertiary alicyclic amines) is 1. The predicted molar refractivity (Wildman–Crippen MR) is 70.0 cm³/mol. The van der Waals surface area contributed by atoms with Gasteiger partial charge in [-0.3, -0.25) is 9.59 Å². The lowest BCUT2D eigenvalue weighted by molar-refractivity contribution is -0.137. The average Bonchev–Trinajstić information content (AvgIpc) is 2.42. The van der Waals surface area contributed by atoms with E-state index in [9.17, 15) is 14.4 Å². The number of aliphatic carboxylic acids is 1. The minimum absolute atomic E-state index is 0.156.